The number of rotatable bonds is 4. The Bertz CT molecular complexity index is 528. The van der Waals surface area contributed by atoms with Crippen molar-refractivity contribution in [3.63, 3.8) is 0 Å². The van der Waals surface area contributed by atoms with E-state index in [9.17, 15) is 0 Å². The minimum absolute atomic E-state index is 0.0903. The van der Waals surface area contributed by atoms with Gasteiger partial charge in [-0.1, -0.05) is 18.2 Å². The molecule has 0 radical (unpaired) electrons. The Kier molecular flexibility index (Phi) is 3.92. The van der Waals surface area contributed by atoms with E-state index in [0.717, 1.165) is 22.4 Å². The fraction of sp³-hybridized carbons (Fsp3) is 0.214. The number of ether oxygens (including phenoxy) is 1. The predicted octanol–water partition coefficient (Wildman–Crippen LogP) is 1.95. The molecule has 4 heteroatoms. The van der Waals surface area contributed by atoms with E-state index >= 15 is 0 Å². The van der Waals surface area contributed by atoms with Gasteiger partial charge in [-0.2, -0.15) is 0 Å². The molecule has 0 aliphatic rings. The van der Waals surface area contributed by atoms with Crippen LogP contribution >= 0.6 is 0 Å². The summed E-state index contributed by atoms with van der Waals surface area (Å²) in [7, 11) is 1.65. The smallest absolute Gasteiger partial charge is 0.119 e. The first kappa shape index (κ1) is 12.5. The summed E-state index contributed by atoms with van der Waals surface area (Å²) in [6, 6.07) is 9.81. The monoisotopic (exact) mass is 243 g/mol. The van der Waals surface area contributed by atoms with Gasteiger partial charge in [0, 0.05) is 12.4 Å². The Morgan fingerprint density at radius 1 is 1.22 bits per heavy atom. The molecule has 1 atom stereocenters. The highest BCUT2D eigenvalue weighted by molar-refractivity contribution is 5.36. The van der Waals surface area contributed by atoms with Gasteiger partial charge in [-0.05, 0) is 35.7 Å². The summed E-state index contributed by atoms with van der Waals surface area (Å²) in [6.07, 6.45) is 3.64. The molecule has 0 aliphatic carbocycles. The van der Waals surface area contributed by atoms with Crippen LogP contribution in [0.5, 0.6) is 5.75 Å². The predicted molar refractivity (Wildman–Crippen MR) is 71.1 cm³/mol. The fourth-order valence-electron chi connectivity index (χ4n) is 1.94. The average molecular weight is 243 g/mol. The summed E-state index contributed by atoms with van der Waals surface area (Å²) in [5, 5.41) is 0. The van der Waals surface area contributed by atoms with Crippen LogP contribution in [0.25, 0.3) is 0 Å². The lowest BCUT2D eigenvalue weighted by Crippen LogP contribution is -2.29. The highest BCUT2D eigenvalue weighted by atomic mass is 16.5. The van der Waals surface area contributed by atoms with Crippen LogP contribution in [0.1, 0.15) is 22.7 Å². The molecule has 2 aromatic rings. The van der Waals surface area contributed by atoms with Crippen molar-refractivity contribution in [1.82, 2.24) is 10.4 Å². The Balaban J connectivity index is 2.38. The zero-order valence-electron chi connectivity index (χ0n) is 10.6. The van der Waals surface area contributed by atoms with E-state index in [1.807, 2.05) is 43.6 Å². The summed E-state index contributed by atoms with van der Waals surface area (Å²) in [4.78, 5) is 4.19. The normalized spacial score (nSPS) is 12.2. The number of hydrazine groups is 1. The van der Waals surface area contributed by atoms with Crippen molar-refractivity contribution >= 4 is 0 Å². The molecule has 1 aromatic heterocycles. The van der Waals surface area contributed by atoms with Crippen molar-refractivity contribution in [2.24, 2.45) is 5.84 Å². The molecule has 18 heavy (non-hydrogen) atoms. The molecule has 1 aromatic carbocycles. The third-order valence-corrected chi connectivity index (χ3v) is 2.82. The van der Waals surface area contributed by atoms with Crippen LogP contribution in [0.2, 0.25) is 0 Å². The summed E-state index contributed by atoms with van der Waals surface area (Å²) in [5.41, 5.74) is 6.00. The van der Waals surface area contributed by atoms with E-state index in [1.165, 1.54) is 0 Å². The number of pyridine rings is 1. The summed E-state index contributed by atoms with van der Waals surface area (Å²) < 4.78 is 5.22. The summed E-state index contributed by atoms with van der Waals surface area (Å²) in [5.74, 6) is 6.47. The highest BCUT2D eigenvalue weighted by Gasteiger charge is 2.13. The molecule has 4 nitrogen and oxygen atoms in total. The summed E-state index contributed by atoms with van der Waals surface area (Å²) >= 11 is 0. The van der Waals surface area contributed by atoms with E-state index in [0.29, 0.717) is 0 Å². The molecule has 0 fully saturated rings. The molecule has 1 unspecified atom stereocenters. The standard InChI is InChI=1S/C14H17N3O/c1-10-6-12(9-16-8-10)14(17-15)11-4-3-5-13(7-11)18-2/h3-9,14,17H,15H2,1-2H3. The number of aromatic nitrogens is 1. The van der Waals surface area contributed by atoms with Crippen LogP contribution in [-0.4, -0.2) is 12.1 Å². The molecular weight excluding hydrogens is 226 g/mol. The van der Waals surface area contributed by atoms with Gasteiger partial charge in [-0.15, -0.1) is 0 Å². The lowest BCUT2D eigenvalue weighted by Gasteiger charge is -2.17. The van der Waals surface area contributed by atoms with Crippen LogP contribution < -0.4 is 16.0 Å². The fourth-order valence-corrected chi connectivity index (χ4v) is 1.94. The quantitative estimate of drug-likeness (QED) is 0.636. The van der Waals surface area contributed by atoms with Crippen molar-refractivity contribution < 1.29 is 4.74 Å². The molecule has 1 heterocycles. The number of nitrogens with two attached hydrogens (primary N) is 1. The Morgan fingerprint density at radius 3 is 2.72 bits per heavy atom. The second-order valence-corrected chi connectivity index (χ2v) is 4.17. The number of nitrogens with zero attached hydrogens (tertiary/aromatic N) is 1. The number of benzene rings is 1. The molecular formula is C14H17N3O. The number of aryl methyl sites for hydroxylation is 1. The van der Waals surface area contributed by atoms with Crippen LogP contribution in [0.4, 0.5) is 0 Å². The second-order valence-electron chi connectivity index (χ2n) is 4.17. The Labute approximate surface area is 107 Å². The minimum Gasteiger partial charge on any atom is -0.497 e. The van der Waals surface area contributed by atoms with Gasteiger partial charge in [0.05, 0.1) is 13.2 Å². The zero-order valence-corrected chi connectivity index (χ0v) is 10.6. The lowest BCUT2D eigenvalue weighted by atomic mass is 10.00. The van der Waals surface area contributed by atoms with E-state index in [1.54, 1.807) is 7.11 Å². The van der Waals surface area contributed by atoms with Gasteiger partial charge in [0.25, 0.3) is 0 Å². The zero-order chi connectivity index (χ0) is 13.0. The molecule has 0 amide bonds. The Hall–Kier alpha value is -1.91. The third kappa shape index (κ3) is 2.67. The molecule has 3 N–H and O–H groups in total. The first-order valence-corrected chi connectivity index (χ1v) is 5.76. The molecule has 0 saturated heterocycles. The molecule has 0 aliphatic heterocycles. The molecule has 2 rings (SSSR count). The minimum atomic E-state index is -0.0903. The van der Waals surface area contributed by atoms with Gasteiger partial charge >= 0.3 is 0 Å². The maximum Gasteiger partial charge on any atom is 0.119 e. The van der Waals surface area contributed by atoms with E-state index in [-0.39, 0.29) is 6.04 Å². The maximum atomic E-state index is 5.66. The highest BCUT2D eigenvalue weighted by Crippen LogP contribution is 2.24. The van der Waals surface area contributed by atoms with Crippen molar-refractivity contribution in [3.05, 3.63) is 59.4 Å². The van der Waals surface area contributed by atoms with Gasteiger partial charge in [0.2, 0.25) is 0 Å². The van der Waals surface area contributed by atoms with Gasteiger partial charge < -0.3 is 4.74 Å². The molecule has 0 spiro atoms. The number of hydrogen-bond donors (Lipinski definition) is 2. The lowest BCUT2D eigenvalue weighted by molar-refractivity contribution is 0.413. The second kappa shape index (κ2) is 5.62. The maximum absolute atomic E-state index is 5.66. The van der Waals surface area contributed by atoms with Crippen LogP contribution in [-0.2, 0) is 0 Å². The molecule has 0 saturated carbocycles. The SMILES string of the molecule is COc1cccc(C(NN)c2cncc(C)c2)c1. The van der Waals surface area contributed by atoms with Gasteiger partial charge in [0.15, 0.2) is 0 Å². The van der Waals surface area contributed by atoms with Crippen LogP contribution in [0.15, 0.2) is 42.7 Å². The molecule has 0 bridgehead atoms. The first-order chi connectivity index (χ1) is 8.74. The van der Waals surface area contributed by atoms with Crippen molar-refractivity contribution in [3.8, 4) is 5.75 Å². The first-order valence-electron chi connectivity index (χ1n) is 5.76. The van der Waals surface area contributed by atoms with E-state index < -0.39 is 0 Å². The largest absolute Gasteiger partial charge is 0.497 e. The van der Waals surface area contributed by atoms with Crippen LogP contribution in [0.3, 0.4) is 0 Å². The van der Waals surface area contributed by atoms with E-state index in [2.05, 4.69) is 16.5 Å². The van der Waals surface area contributed by atoms with Crippen molar-refractivity contribution in [2.75, 3.05) is 7.11 Å². The Morgan fingerprint density at radius 2 is 2.06 bits per heavy atom. The van der Waals surface area contributed by atoms with Gasteiger partial charge in [0.1, 0.15) is 5.75 Å². The van der Waals surface area contributed by atoms with Gasteiger partial charge in [-0.25, -0.2) is 5.43 Å². The number of nitrogens with one attached hydrogen (secondary N) is 1. The summed E-state index contributed by atoms with van der Waals surface area (Å²) in [6.45, 7) is 2.01. The van der Waals surface area contributed by atoms with Gasteiger partial charge in [-0.3, -0.25) is 10.8 Å². The van der Waals surface area contributed by atoms with Crippen molar-refractivity contribution in [2.45, 2.75) is 13.0 Å². The molecule has 94 valence electrons. The number of methoxy groups -OCH3 is 1. The van der Waals surface area contributed by atoms with E-state index in [4.69, 9.17) is 10.6 Å². The van der Waals surface area contributed by atoms with Crippen LogP contribution in [0, 0.1) is 6.92 Å². The van der Waals surface area contributed by atoms with Crippen molar-refractivity contribution in [1.29, 1.82) is 0 Å². The number of hydrogen-bond acceptors (Lipinski definition) is 4. The topological polar surface area (TPSA) is 60.2 Å². The average Bonchev–Trinajstić information content (AvgIpc) is 2.40. The third-order valence-electron chi connectivity index (χ3n) is 2.82.